The molecule has 1 aliphatic carbocycles. The van der Waals surface area contributed by atoms with Crippen molar-refractivity contribution < 1.29 is 18.9 Å². The average molecular weight is 168 g/mol. The van der Waals surface area contributed by atoms with Crippen molar-refractivity contribution in [2.24, 2.45) is 0 Å². The minimum atomic E-state index is 0. The Hall–Kier alpha value is -0.0526. The molecule has 0 aromatic heterocycles. The summed E-state index contributed by atoms with van der Waals surface area (Å²) in [6, 6.07) is 6.91. The van der Waals surface area contributed by atoms with Crippen molar-refractivity contribution in [3.8, 4) is 0 Å². The van der Waals surface area contributed by atoms with E-state index >= 15 is 0 Å². The van der Waals surface area contributed by atoms with Gasteiger partial charge in [-0.3, -0.25) is 0 Å². The van der Waals surface area contributed by atoms with Gasteiger partial charge in [0.05, 0.1) is 0 Å². The standard InChI is InChI=1S/C12H17.Li/c1-10-7-8-12(9-10)11-5-3-2-4-6-11;/h7-9,11H,2-6H2,1H3;/q-1;+1. The Kier molecular flexibility index (Phi) is 4.23. The van der Waals surface area contributed by atoms with E-state index in [2.05, 4.69) is 25.1 Å². The minimum Gasteiger partial charge on any atom is -0.210 e. The maximum absolute atomic E-state index is 2.36. The predicted octanol–water partition coefficient (Wildman–Crippen LogP) is 0.766. The fourth-order valence-electron chi connectivity index (χ4n) is 2.28. The second kappa shape index (κ2) is 4.99. The molecule has 13 heavy (non-hydrogen) atoms. The van der Waals surface area contributed by atoms with E-state index in [1.807, 2.05) is 0 Å². The van der Waals surface area contributed by atoms with Crippen molar-refractivity contribution in [3.05, 3.63) is 29.3 Å². The molecule has 1 aromatic carbocycles. The monoisotopic (exact) mass is 168 g/mol. The van der Waals surface area contributed by atoms with Crippen LogP contribution in [-0.4, -0.2) is 0 Å². The molecule has 1 saturated carbocycles. The summed E-state index contributed by atoms with van der Waals surface area (Å²) in [7, 11) is 0. The van der Waals surface area contributed by atoms with Crippen LogP contribution in [0, 0.1) is 6.92 Å². The number of hydrogen-bond donors (Lipinski definition) is 0. The van der Waals surface area contributed by atoms with Crippen LogP contribution in [0.3, 0.4) is 0 Å². The van der Waals surface area contributed by atoms with E-state index in [4.69, 9.17) is 0 Å². The largest absolute Gasteiger partial charge is 1.00 e. The molecule has 0 unspecified atom stereocenters. The van der Waals surface area contributed by atoms with Crippen LogP contribution in [0.1, 0.15) is 49.1 Å². The zero-order chi connectivity index (χ0) is 8.39. The molecule has 0 spiro atoms. The Morgan fingerprint density at radius 2 is 1.92 bits per heavy atom. The summed E-state index contributed by atoms with van der Waals surface area (Å²) in [5, 5.41) is 0. The molecule has 1 aliphatic rings. The third-order valence-corrected chi connectivity index (χ3v) is 3.01. The van der Waals surface area contributed by atoms with Crippen molar-refractivity contribution in [1.29, 1.82) is 0 Å². The predicted molar refractivity (Wildman–Crippen MR) is 52.6 cm³/mol. The van der Waals surface area contributed by atoms with Gasteiger partial charge in [-0.15, -0.1) is 0 Å². The first-order valence-corrected chi connectivity index (χ1v) is 5.09. The molecule has 0 nitrogen and oxygen atoms in total. The molecule has 0 radical (unpaired) electrons. The molecular formula is C12H17Li. The smallest absolute Gasteiger partial charge is 0.210 e. The number of hydrogen-bond acceptors (Lipinski definition) is 0. The average Bonchev–Trinajstić information content (AvgIpc) is 2.54. The topological polar surface area (TPSA) is 0 Å². The molecule has 2 rings (SSSR count). The van der Waals surface area contributed by atoms with Crippen molar-refractivity contribution in [2.75, 3.05) is 0 Å². The second-order valence-corrected chi connectivity index (χ2v) is 4.06. The van der Waals surface area contributed by atoms with Gasteiger partial charge in [-0.1, -0.05) is 44.9 Å². The summed E-state index contributed by atoms with van der Waals surface area (Å²) >= 11 is 0. The Morgan fingerprint density at radius 3 is 2.46 bits per heavy atom. The van der Waals surface area contributed by atoms with Crippen LogP contribution in [0.2, 0.25) is 0 Å². The van der Waals surface area contributed by atoms with E-state index in [9.17, 15) is 0 Å². The Balaban J connectivity index is 0.000000845. The van der Waals surface area contributed by atoms with Gasteiger partial charge in [-0.25, -0.2) is 6.07 Å². The van der Waals surface area contributed by atoms with Crippen LogP contribution in [0.25, 0.3) is 0 Å². The van der Waals surface area contributed by atoms with Gasteiger partial charge < -0.3 is 0 Å². The van der Waals surface area contributed by atoms with Gasteiger partial charge in [0.15, 0.2) is 0 Å². The van der Waals surface area contributed by atoms with Gasteiger partial charge in [-0.05, 0) is 0 Å². The van der Waals surface area contributed by atoms with Gasteiger partial charge in [0, 0.05) is 0 Å². The molecule has 1 heteroatoms. The van der Waals surface area contributed by atoms with Gasteiger partial charge in [0.2, 0.25) is 0 Å². The summed E-state index contributed by atoms with van der Waals surface area (Å²) in [5.74, 6) is 0.882. The van der Waals surface area contributed by atoms with E-state index in [0.29, 0.717) is 0 Å². The molecule has 0 N–H and O–H groups in total. The first-order valence-electron chi connectivity index (χ1n) is 5.09. The molecule has 0 amide bonds. The van der Waals surface area contributed by atoms with Crippen molar-refractivity contribution in [1.82, 2.24) is 0 Å². The minimum absolute atomic E-state index is 0. The SMILES string of the molecule is C[c-]1ccc(C2CCCCC2)c1.[Li+]. The van der Waals surface area contributed by atoms with Crippen LogP contribution in [0.5, 0.6) is 0 Å². The summed E-state index contributed by atoms with van der Waals surface area (Å²) in [6.45, 7) is 2.19. The molecular weight excluding hydrogens is 151 g/mol. The normalized spacial score (nSPS) is 18.2. The van der Waals surface area contributed by atoms with E-state index in [0.717, 1.165) is 5.92 Å². The Labute approximate surface area is 93.3 Å². The molecule has 0 atom stereocenters. The van der Waals surface area contributed by atoms with Crippen molar-refractivity contribution in [3.63, 3.8) is 0 Å². The van der Waals surface area contributed by atoms with Crippen LogP contribution < -0.4 is 18.9 Å². The number of rotatable bonds is 1. The van der Waals surface area contributed by atoms with Crippen LogP contribution >= 0.6 is 0 Å². The zero-order valence-corrected chi connectivity index (χ0v) is 8.84. The molecule has 1 aromatic rings. The first kappa shape index (κ1) is 11.0. The summed E-state index contributed by atoms with van der Waals surface area (Å²) in [4.78, 5) is 0. The van der Waals surface area contributed by atoms with Gasteiger partial charge in [0.25, 0.3) is 0 Å². The van der Waals surface area contributed by atoms with E-state index in [-0.39, 0.29) is 18.9 Å². The third-order valence-electron chi connectivity index (χ3n) is 3.01. The number of aryl methyl sites for hydroxylation is 1. The van der Waals surface area contributed by atoms with Crippen LogP contribution in [0.15, 0.2) is 18.2 Å². The van der Waals surface area contributed by atoms with E-state index < -0.39 is 0 Å². The van der Waals surface area contributed by atoms with E-state index in [1.165, 1.54) is 37.7 Å². The molecule has 1 fully saturated rings. The van der Waals surface area contributed by atoms with E-state index in [1.54, 1.807) is 5.56 Å². The van der Waals surface area contributed by atoms with Crippen LogP contribution in [0.4, 0.5) is 0 Å². The maximum Gasteiger partial charge on any atom is 1.00 e. The summed E-state index contributed by atoms with van der Waals surface area (Å²) in [5.41, 5.74) is 3.02. The zero-order valence-electron chi connectivity index (χ0n) is 8.84. The Morgan fingerprint density at radius 1 is 1.23 bits per heavy atom. The fourth-order valence-corrected chi connectivity index (χ4v) is 2.28. The van der Waals surface area contributed by atoms with Gasteiger partial charge >= 0.3 is 18.9 Å². The third kappa shape index (κ3) is 2.69. The maximum atomic E-state index is 2.36. The summed E-state index contributed by atoms with van der Waals surface area (Å²) < 4.78 is 0. The van der Waals surface area contributed by atoms with Crippen molar-refractivity contribution >= 4 is 0 Å². The van der Waals surface area contributed by atoms with Gasteiger partial charge in [-0.2, -0.15) is 23.3 Å². The molecule has 0 bridgehead atoms. The fraction of sp³-hybridized carbons (Fsp3) is 0.583. The molecule has 0 heterocycles. The Bertz CT molecular complexity index is 243. The first-order chi connectivity index (χ1) is 5.86. The van der Waals surface area contributed by atoms with Crippen LogP contribution in [-0.2, 0) is 0 Å². The van der Waals surface area contributed by atoms with Gasteiger partial charge in [0.1, 0.15) is 0 Å². The molecule has 0 aliphatic heterocycles. The quantitative estimate of drug-likeness (QED) is 0.429. The molecule has 0 saturated heterocycles. The molecule has 66 valence electrons. The van der Waals surface area contributed by atoms with Crippen molar-refractivity contribution in [2.45, 2.75) is 44.9 Å². The summed E-state index contributed by atoms with van der Waals surface area (Å²) in [6.07, 6.45) is 7.17. The second-order valence-electron chi connectivity index (χ2n) is 4.06.